The van der Waals surface area contributed by atoms with Crippen LogP contribution in [0, 0.1) is 0 Å². The maximum absolute atomic E-state index is 10.6. The van der Waals surface area contributed by atoms with E-state index in [-0.39, 0.29) is 18.8 Å². The van der Waals surface area contributed by atoms with Gasteiger partial charge < -0.3 is 9.84 Å². The summed E-state index contributed by atoms with van der Waals surface area (Å²) in [6.07, 6.45) is -0.0412. The molecule has 1 aromatic heterocycles. The predicted octanol–water partition coefficient (Wildman–Crippen LogP) is 2.87. The maximum Gasteiger partial charge on any atom is 0.309 e. The van der Waals surface area contributed by atoms with Gasteiger partial charge in [0.15, 0.2) is 0 Å². The number of nitrogens with zero attached hydrogens (tertiary/aromatic N) is 1. The molecular weight excluding hydrogens is 274 g/mol. The number of halogens is 1. The summed E-state index contributed by atoms with van der Waals surface area (Å²) in [7, 11) is 1.61. The van der Waals surface area contributed by atoms with E-state index in [1.807, 2.05) is 24.3 Å². The summed E-state index contributed by atoms with van der Waals surface area (Å²) in [5.74, 6) is -0.107. The van der Waals surface area contributed by atoms with Crippen LogP contribution >= 0.6 is 23.7 Å². The number of aliphatic carboxylic acids is 1. The van der Waals surface area contributed by atoms with Gasteiger partial charge in [0, 0.05) is 10.9 Å². The first-order valence-electron chi connectivity index (χ1n) is 4.99. The Balaban J connectivity index is 0.00000162. The maximum atomic E-state index is 10.6. The zero-order valence-electron chi connectivity index (χ0n) is 9.62. The normalized spacial score (nSPS) is 9.61. The fourth-order valence-corrected chi connectivity index (χ4v) is 2.25. The lowest BCUT2D eigenvalue weighted by atomic mass is 10.2. The highest BCUT2D eigenvalue weighted by Gasteiger charge is 2.08. The van der Waals surface area contributed by atoms with Crippen molar-refractivity contribution in [1.82, 2.24) is 4.98 Å². The summed E-state index contributed by atoms with van der Waals surface area (Å²) in [5, 5.41) is 11.2. The van der Waals surface area contributed by atoms with Crippen molar-refractivity contribution in [1.29, 1.82) is 0 Å². The molecule has 0 aliphatic rings. The van der Waals surface area contributed by atoms with Crippen LogP contribution in [0.25, 0.3) is 10.6 Å². The molecule has 0 aliphatic carbocycles. The molecule has 2 aromatic rings. The first kappa shape index (κ1) is 14.5. The second kappa shape index (κ2) is 6.37. The van der Waals surface area contributed by atoms with Crippen molar-refractivity contribution < 1.29 is 14.6 Å². The summed E-state index contributed by atoms with van der Waals surface area (Å²) in [4.78, 5) is 14.8. The first-order valence-corrected chi connectivity index (χ1v) is 5.87. The van der Waals surface area contributed by atoms with Crippen molar-refractivity contribution in [3.05, 3.63) is 35.3 Å². The van der Waals surface area contributed by atoms with Crippen molar-refractivity contribution in [2.24, 2.45) is 0 Å². The van der Waals surface area contributed by atoms with Gasteiger partial charge in [-0.25, -0.2) is 4.98 Å². The van der Waals surface area contributed by atoms with E-state index in [4.69, 9.17) is 9.84 Å². The first-order chi connectivity index (χ1) is 8.19. The number of hydrogen-bond donors (Lipinski definition) is 1. The van der Waals surface area contributed by atoms with Gasteiger partial charge in [0.05, 0.1) is 19.2 Å². The van der Waals surface area contributed by atoms with E-state index >= 15 is 0 Å². The Morgan fingerprint density at radius 3 is 2.94 bits per heavy atom. The van der Waals surface area contributed by atoms with Gasteiger partial charge in [-0.3, -0.25) is 4.79 Å². The molecular formula is C12H12ClNO3S. The summed E-state index contributed by atoms with van der Waals surface area (Å²) in [5.41, 5.74) is 1.52. The third-order valence-electron chi connectivity index (χ3n) is 2.20. The van der Waals surface area contributed by atoms with Crippen molar-refractivity contribution in [3.63, 3.8) is 0 Å². The Bertz CT molecular complexity index is 542. The average Bonchev–Trinajstić information content (AvgIpc) is 2.77. The zero-order valence-corrected chi connectivity index (χ0v) is 11.3. The minimum Gasteiger partial charge on any atom is -0.497 e. The number of aromatic nitrogens is 1. The quantitative estimate of drug-likeness (QED) is 0.938. The standard InChI is InChI=1S/C12H11NO3S.ClH/c1-16-10-4-2-3-8(5-10)12-13-9(7-17-12)6-11(14)15;/h2-5,7H,6H2,1H3,(H,14,15);1H. The van der Waals surface area contributed by atoms with Crippen molar-refractivity contribution in [3.8, 4) is 16.3 Å². The lowest BCUT2D eigenvalue weighted by Gasteiger charge is -2.01. The van der Waals surface area contributed by atoms with Crippen molar-refractivity contribution in [2.45, 2.75) is 6.42 Å². The van der Waals surface area contributed by atoms with Crippen LogP contribution in [-0.2, 0) is 11.2 Å². The molecule has 0 spiro atoms. The molecule has 6 heteroatoms. The number of thiazole rings is 1. The number of rotatable bonds is 4. The Labute approximate surface area is 115 Å². The number of ether oxygens (including phenoxy) is 1. The van der Waals surface area contributed by atoms with Gasteiger partial charge in [0.2, 0.25) is 0 Å². The highest BCUT2D eigenvalue weighted by molar-refractivity contribution is 7.13. The lowest BCUT2D eigenvalue weighted by Crippen LogP contribution is -1.99. The summed E-state index contributed by atoms with van der Waals surface area (Å²) in [6.45, 7) is 0. The molecule has 0 bridgehead atoms. The van der Waals surface area contributed by atoms with Gasteiger partial charge in [-0.15, -0.1) is 23.7 Å². The van der Waals surface area contributed by atoms with Gasteiger partial charge in [-0.2, -0.15) is 0 Å². The number of carboxylic acid groups (broad SMARTS) is 1. The van der Waals surface area contributed by atoms with Gasteiger partial charge >= 0.3 is 5.97 Å². The minimum atomic E-state index is -0.868. The third-order valence-corrected chi connectivity index (χ3v) is 3.14. The van der Waals surface area contributed by atoms with Crippen LogP contribution in [0.15, 0.2) is 29.6 Å². The van der Waals surface area contributed by atoms with E-state index in [9.17, 15) is 4.79 Å². The Hall–Kier alpha value is -1.59. The van der Waals surface area contributed by atoms with Gasteiger partial charge in [-0.1, -0.05) is 12.1 Å². The Morgan fingerprint density at radius 1 is 1.50 bits per heavy atom. The highest BCUT2D eigenvalue weighted by Crippen LogP contribution is 2.26. The number of methoxy groups -OCH3 is 1. The lowest BCUT2D eigenvalue weighted by molar-refractivity contribution is -0.136. The van der Waals surface area contributed by atoms with E-state index in [2.05, 4.69) is 4.98 Å². The van der Waals surface area contributed by atoms with Gasteiger partial charge in [0.1, 0.15) is 10.8 Å². The molecule has 0 fully saturated rings. The molecule has 4 nitrogen and oxygen atoms in total. The topological polar surface area (TPSA) is 59.4 Å². The summed E-state index contributed by atoms with van der Waals surface area (Å²) in [6, 6.07) is 7.54. The van der Waals surface area contributed by atoms with Crippen LogP contribution in [0.4, 0.5) is 0 Å². The Kier molecular flexibility index (Phi) is 5.12. The van der Waals surface area contributed by atoms with E-state index < -0.39 is 5.97 Å². The molecule has 2 rings (SSSR count). The molecule has 1 N–H and O–H groups in total. The molecule has 0 atom stereocenters. The van der Waals surface area contributed by atoms with Crippen LogP contribution < -0.4 is 4.74 Å². The molecule has 1 heterocycles. The molecule has 0 saturated heterocycles. The number of benzene rings is 1. The zero-order chi connectivity index (χ0) is 12.3. The van der Waals surface area contributed by atoms with Crippen LogP contribution in [0.5, 0.6) is 5.75 Å². The fourth-order valence-electron chi connectivity index (χ4n) is 1.43. The van der Waals surface area contributed by atoms with E-state index in [0.717, 1.165) is 16.3 Å². The number of hydrogen-bond acceptors (Lipinski definition) is 4. The molecule has 0 radical (unpaired) electrons. The predicted molar refractivity (Wildman–Crippen MR) is 72.7 cm³/mol. The fraction of sp³-hybridized carbons (Fsp3) is 0.167. The highest BCUT2D eigenvalue weighted by atomic mass is 35.5. The van der Waals surface area contributed by atoms with Crippen molar-refractivity contribution >= 4 is 29.7 Å². The molecule has 1 aromatic carbocycles. The molecule has 0 unspecified atom stereocenters. The van der Waals surface area contributed by atoms with Crippen LogP contribution in [0.2, 0.25) is 0 Å². The minimum absolute atomic E-state index is 0. The molecule has 18 heavy (non-hydrogen) atoms. The van der Waals surface area contributed by atoms with E-state index in [1.165, 1.54) is 11.3 Å². The van der Waals surface area contributed by atoms with E-state index in [1.54, 1.807) is 12.5 Å². The number of carboxylic acids is 1. The van der Waals surface area contributed by atoms with Gasteiger partial charge in [0.25, 0.3) is 0 Å². The summed E-state index contributed by atoms with van der Waals surface area (Å²) >= 11 is 1.43. The smallest absolute Gasteiger partial charge is 0.309 e. The van der Waals surface area contributed by atoms with Crippen LogP contribution in [-0.4, -0.2) is 23.2 Å². The van der Waals surface area contributed by atoms with Crippen LogP contribution in [0.1, 0.15) is 5.69 Å². The van der Waals surface area contributed by atoms with Crippen molar-refractivity contribution in [2.75, 3.05) is 7.11 Å². The number of carbonyl (C=O) groups is 1. The van der Waals surface area contributed by atoms with Crippen LogP contribution in [0.3, 0.4) is 0 Å². The second-order valence-corrected chi connectivity index (χ2v) is 4.30. The molecule has 0 amide bonds. The monoisotopic (exact) mass is 285 g/mol. The second-order valence-electron chi connectivity index (χ2n) is 3.45. The molecule has 96 valence electrons. The molecule has 0 aliphatic heterocycles. The third kappa shape index (κ3) is 3.45. The summed E-state index contributed by atoms with van der Waals surface area (Å²) < 4.78 is 5.13. The van der Waals surface area contributed by atoms with Gasteiger partial charge in [-0.05, 0) is 12.1 Å². The SMILES string of the molecule is COc1cccc(-c2nc(CC(=O)O)cs2)c1.Cl. The molecule has 0 saturated carbocycles. The average molecular weight is 286 g/mol. The largest absolute Gasteiger partial charge is 0.497 e. The Morgan fingerprint density at radius 2 is 2.28 bits per heavy atom. The van der Waals surface area contributed by atoms with E-state index in [0.29, 0.717) is 5.69 Å².